The number of fused-ring (bicyclic) bond motifs is 1. The van der Waals surface area contributed by atoms with Gasteiger partial charge in [-0.15, -0.1) is 0 Å². The minimum Gasteiger partial charge on any atom is -0.468 e. The molecule has 0 saturated heterocycles. The van der Waals surface area contributed by atoms with Gasteiger partial charge >= 0.3 is 5.97 Å². The Morgan fingerprint density at radius 2 is 1.91 bits per heavy atom. The average molecular weight is 319 g/mol. The van der Waals surface area contributed by atoms with E-state index >= 15 is 0 Å². The number of esters is 1. The molecule has 0 atom stereocenters. The van der Waals surface area contributed by atoms with Crippen molar-refractivity contribution in [1.29, 1.82) is 0 Å². The lowest BCUT2D eigenvalue weighted by Crippen LogP contribution is -2.47. The molecule has 1 saturated carbocycles. The molecule has 6 heteroatoms. The normalized spacial score (nSPS) is 18.3. The van der Waals surface area contributed by atoms with Crippen molar-refractivity contribution in [3.05, 3.63) is 23.8 Å². The summed E-state index contributed by atoms with van der Waals surface area (Å²) < 4.78 is 15.4. The molecule has 0 spiro atoms. The predicted molar refractivity (Wildman–Crippen MR) is 82.4 cm³/mol. The van der Waals surface area contributed by atoms with E-state index in [1.807, 2.05) is 18.2 Å². The Hall–Kier alpha value is -2.24. The van der Waals surface area contributed by atoms with Gasteiger partial charge in [-0.25, -0.2) is 0 Å². The van der Waals surface area contributed by atoms with Crippen LogP contribution in [-0.4, -0.2) is 32.3 Å². The van der Waals surface area contributed by atoms with E-state index in [0.29, 0.717) is 11.5 Å². The highest BCUT2D eigenvalue weighted by Crippen LogP contribution is 2.43. The number of rotatable bonds is 4. The summed E-state index contributed by atoms with van der Waals surface area (Å²) in [6.07, 6.45) is 4.62. The van der Waals surface area contributed by atoms with Gasteiger partial charge in [0.25, 0.3) is 0 Å². The van der Waals surface area contributed by atoms with E-state index in [1.165, 1.54) is 7.11 Å². The number of nitrogens with one attached hydrogen (secondary N) is 1. The number of hydrogen-bond acceptors (Lipinski definition) is 5. The molecule has 0 bridgehead atoms. The number of carbonyl (C=O) groups is 2. The Labute approximate surface area is 135 Å². The summed E-state index contributed by atoms with van der Waals surface area (Å²) in [5.41, 5.74) is 0.302. The highest BCUT2D eigenvalue weighted by Gasteiger charge is 2.41. The standard InChI is InChI=1S/C17H21NO5/c1-21-15(19)10-18-16(20)17(7-3-2-4-8-17)12-5-6-13-14(9-12)23-11-22-13/h5-6,9H,2-4,7-8,10-11H2,1H3,(H,18,20). The number of carbonyl (C=O) groups excluding carboxylic acids is 2. The van der Waals surface area contributed by atoms with Gasteiger partial charge in [-0.2, -0.15) is 0 Å². The van der Waals surface area contributed by atoms with E-state index in [1.54, 1.807) is 0 Å². The van der Waals surface area contributed by atoms with Crippen LogP contribution in [0.3, 0.4) is 0 Å². The van der Waals surface area contributed by atoms with Gasteiger partial charge in [-0.3, -0.25) is 9.59 Å². The van der Waals surface area contributed by atoms with Crippen LogP contribution in [0.25, 0.3) is 0 Å². The minimum atomic E-state index is -0.618. The fraction of sp³-hybridized carbons (Fsp3) is 0.529. The van der Waals surface area contributed by atoms with E-state index in [4.69, 9.17) is 9.47 Å². The third kappa shape index (κ3) is 2.98. The van der Waals surface area contributed by atoms with E-state index in [0.717, 1.165) is 37.7 Å². The van der Waals surface area contributed by atoms with E-state index in [9.17, 15) is 9.59 Å². The lowest BCUT2D eigenvalue weighted by molar-refractivity contribution is -0.142. The first-order valence-corrected chi connectivity index (χ1v) is 7.91. The molecule has 1 amide bonds. The summed E-state index contributed by atoms with van der Waals surface area (Å²) in [5.74, 6) is 0.805. The third-order valence-electron chi connectivity index (χ3n) is 4.69. The molecule has 23 heavy (non-hydrogen) atoms. The lowest BCUT2D eigenvalue weighted by Gasteiger charge is -2.36. The largest absolute Gasteiger partial charge is 0.468 e. The highest BCUT2D eigenvalue weighted by molar-refractivity contribution is 5.91. The van der Waals surface area contributed by atoms with Crippen molar-refractivity contribution >= 4 is 11.9 Å². The molecule has 1 N–H and O–H groups in total. The maximum atomic E-state index is 12.9. The van der Waals surface area contributed by atoms with Crippen LogP contribution < -0.4 is 14.8 Å². The second-order valence-electron chi connectivity index (χ2n) is 5.97. The predicted octanol–water partition coefficient (Wildman–Crippen LogP) is 1.91. The Morgan fingerprint density at radius 3 is 2.65 bits per heavy atom. The van der Waals surface area contributed by atoms with Crippen LogP contribution in [0.2, 0.25) is 0 Å². The number of hydrogen-bond donors (Lipinski definition) is 1. The Bertz CT molecular complexity index is 607. The van der Waals surface area contributed by atoms with Crippen LogP contribution in [0.1, 0.15) is 37.7 Å². The van der Waals surface area contributed by atoms with Crippen LogP contribution >= 0.6 is 0 Å². The van der Waals surface area contributed by atoms with Crippen molar-refractivity contribution in [2.24, 2.45) is 0 Å². The molecule has 1 aromatic rings. The molecule has 6 nitrogen and oxygen atoms in total. The van der Waals surface area contributed by atoms with Crippen LogP contribution in [0.15, 0.2) is 18.2 Å². The molecule has 1 fully saturated rings. The molecule has 1 aliphatic heterocycles. The van der Waals surface area contributed by atoms with Crippen LogP contribution in [-0.2, 0) is 19.7 Å². The maximum absolute atomic E-state index is 12.9. The highest BCUT2D eigenvalue weighted by atomic mass is 16.7. The van der Waals surface area contributed by atoms with Crippen LogP contribution in [0, 0.1) is 0 Å². The molecular formula is C17H21NO5. The van der Waals surface area contributed by atoms with Gasteiger partial charge in [0.1, 0.15) is 6.54 Å². The molecule has 1 aliphatic carbocycles. The Balaban J connectivity index is 1.87. The van der Waals surface area contributed by atoms with Crippen molar-refractivity contribution in [3.63, 3.8) is 0 Å². The zero-order chi connectivity index (χ0) is 16.3. The van der Waals surface area contributed by atoms with E-state index < -0.39 is 11.4 Å². The summed E-state index contributed by atoms with van der Waals surface area (Å²) in [5, 5.41) is 2.72. The fourth-order valence-electron chi connectivity index (χ4n) is 3.39. The van der Waals surface area contributed by atoms with Crippen molar-refractivity contribution < 1.29 is 23.8 Å². The lowest BCUT2D eigenvalue weighted by atomic mass is 9.68. The zero-order valence-electron chi connectivity index (χ0n) is 13.2. The number of amides is 1. The topological polar surface area (TPSA) is 73.9 Å². The van der Waals surface area contributed by atoms with Gasteiger partial charge in [0.05, 0.1) is 12.5 Å². The van der Waals surface area contributed by atoms with Crippen molar-refractivity contribution in [1.82, 2.24) is 5.32 Å². The molecular weight excluding hydrogens is 298 g/mol. The van der Waals surface area contributed by atoms with Crippen LogP contribution in [0.4, 0.5) is 0 Å². The summed E-state index contributed by atoms with van der Waals surface area (Å²) in [7, 11) is 1.31. The Kier molecular flexibility index (Phi) is 4.41. The molecule has 0 unspecified atom stereocenters. The van der Waals surface area contributed by atoms with E-state index in [-0.39, 0.29) is 19.2 Å². The monoisotopic (exact) mass is 319 g/mol. The summed E-state index contributed by atoms with van der Waals surface area (Å²) in [4.78, 5) is 24.2. The molecule has 2 aliphatic rings. The van der Waals surface area contributed by atoms with Crippen molar-refractivity contribution in [2.75, 3.05) is 20.4 Å². The van der Waals surface area contributed by atoms with Gasteiger partial charge in [0.15, 0.2) is 11.5 Å². The third-order valence-corrected chi connectivity index (χ3v) is 4.69. The molecule has 0 aromatic heterocycles. The van der Waals surface area contributed by atoms with Crippen LogP contribution in [0.5, 0.6) is 11.5 Å². The van der Waals surface area contributed by atoms with E-state index in [2.05, 4.69) is 10.1 Å². The first-order valence-electron chi connectivity index (χ1n) is 7.91. The molecule has 1 heterocycles. The number of ether oxygens (including phenoxy) is 3. The Morgan fingerprint density at radius 1 is 1.17 bits per heavy atom. The van der Waals surface area contributed by atoms with Crippen molar-refractivity contribution in [2.45, 2.75) is 37.5 Å². The molecule has 1 aromatic carbocycles. The van der Waals surface area contributed by atoms with Crippen molar-refractivity contribution in [3.8, 4) is 11.5 Å². The minimum absolute atomic E-state index is 0.109. The smallest absolute Gasteiger partial charge is 0.325 e. The van der Waals surface area contributed by atoms with Gasteiger partial charge in [-0.1, -0.05) is 25.3 Å². The molecule has 0 radical (unpaired) electrons. The second-order valence-corrected chi connectivity index (χ2v) is 5.97. The summed E-state index contributed by atoms with van der Waals surface area (Å²) in [6, 6.07) is 5.67. The van der Waals surface area contributed by atoms with Gasteiger partial charge < -0.3 is 19.5 Å². The zero-order valence-corrected chi connectivity index (χ0v) is 13.2. The summed E-state index contributed by atoms with van der Waals surface area (Å²) >= 11 is 0. The first-order chi connectivity index (χ1) is 11.2. The summed E-state index contributed by atoms with van der Waals surface area (Å²) in [6.45, 7) is 0.0992. The number of benzene rings is 1. The molecule has 124 valence electrons. The van der Waals surface area contributed by atoms with Gasteiger partial charge in [-0.05, 0) is 30.5 Å². The van der Waals surface area contributed by atoms with Gasteiger partial charge in [0, 0.05) is 0 Å². The quantitative estimate of drug-likeness (QED) is 0.858. The second kappa shape index (κ2) is 6.48. The maximum Gasteiger partial charge on any atom is 0.325 e. The van der Waals surface area contributed by atoms with Gasteiger partial charge in [0.2, 0.25) is 12.7 Å². The first kappa shape index (κ1) is 15.6. The average Bonchev–Trinajstić information content (AvgIpc) is 3.07. The SMILES string of the molecule is COC(=O)CNC(=O)C1(c2ccc3c(c2)OCO3)CCCCC1. The fourth-order valence-corrected chi connectivity index (χ4v) is 3.39. The number of methoxy groups -OCH3 is 1. The molecule has 3 rings (SSSR count).